The van der Waals surface area contributed by atoms with Gasteiger partial charge < -0.3 is 0 Å². The van der Waals surface area contributed by atoms with Gasteiger partial charge in [0.25, 0.3) is 11.7 Å². The van der Waals surface area contributed by atoms with Crippen LogP contribution >= 0.6 is 0 Å². The molecule has 0 bridgehead atoms. The van der Waals surface area contributed by atoms with Crippen LogP contribution in [0, 0.1) is 11.6 Å². The topological polar surface area (TPSA) is 46.6 Å². The van der Waals surface area contributed by atoms with E-state index in [9.17, 15) is 31.5 Å². The minimum Gasteiger partial charge on any atom is -0.300 e. The van der Waals surface area contributed by atoms with Crippen LogP contribution in [0.2, 0.25) is 0 Å². The molecule has 1 amide bonds. The highest BCUT2D eigenvalue weighted by Gasteiger charge is 2.41. The second-order valence-corrected chi connectivity index (χ2v) is 3.83. The second kappa shape index (κ2) is 4.82. The quantitative estimate of drug-likeness (QED) is 0.633. The first-order valence-corrected chi connectivity index (χ1v) is 5.27. The van der Waals surface area contributed by atoms with Crippen LogP contribution in [0.4, 0.5) is 27.6 Å². The fourth-order valence-corrected chi connectivity index (χ4v) is 1.82. The van der Waals surface area contributed by atoms with E-state index in [2.05, 4.69) is 4.74 Å². The number of hydrogen-bond donors (Lipinski definition) is 0. The molecule has 108 valence electrons. The van der Waals surface area contributed by atoms with Gasteiger partial charge >= 0.3 is 6.36 Å². The van der Waals surface area contributed by atoms with Gasteiger partial charge in [0.2, 0.25) is 0 Å². The Morgan fingerprint density at radius 1 is 1.10 bits per heavy atom. The molecule has 20 heavy (non-hydrogen) atoms. The van der Waals surface area contributed by atoms with Crippen molar-refractivity contribution in [3.63, 3.8) is 0 Å². The molecule has 1 aliphatic rings. The summed E-state index contributed by atoms with van der Waals surface area (Å²) in [7, 11) is 0. The third-order valence-corrected chi connectivity index (χ3v) is 2.59. The third kappa shape index (κ3) is 2.48. The van der Waals surface area contributed by atoms with Crippen LogP contribution < -0.4 is 4.90 Å². The van der Waals surface area contributed by atoms with E-state index in [1.54, 1.807) is 0 Å². The summed E-state index contributed by atoms with van der Waals surface area (Å²) in [5.41, 5.74) is -1.44. The van der Waals surface area contributed by atoms with E-state index in [0.717, 1.165) is 0 Å². The predicted octanol–water partition coefficient (Wildman–Crippen LogP) is 2.03. The van der Waals surface area contributed by atoms with Gasteiger partial charge in [0, 0.05) is 0 Å². The van der Waals surface area contributed by atoms with Gasteiger partial charge in [0.05, 0.1) is 24.4 Å². The van der Waals surface area contributed by atoms with Crippen LogP contribution in [-0.4, -0.2) is 31.2 Å². The monoisotopic (exact) mass is 295 g/mol. The Labute approximate surface area is 108 Å². The Hall–Kier alpha value is -2.03. The lowest BCUT2D eigenvalue weighted by Crippen LogP contribution is -2.34. The largest absolute Gasteiger partial charge is 0.522 e. The Morgan fingerprint density at radius 2 is 1.70 bits per heavy atom. The molecule has 0 fully saturated rings. The SMILES string of the molecule is O=C1C(=O)N(CCOC(F)(F)F)c2c(F)ccc(F)c21. The highest BCUT2D eigenvalue weighted by Crippen LogP contribution is 2.33. The van der Waals surface area contributed by atoms with Crippen LogP contribution in [0.5, 0.6) is 0 Å². The summed E-state index contributed by atoms with van der Waals surface area (Å²) in [4.78, 5) is 23.4. The van der Waals surface area contributed by atoms with Gasteiger partial charge in [-0.25, -0.2) is 8.78 Å². The number of alkyl halides is 3. The highest BCUT2D eigenvalue weighted by molar-refractivity contribution is 6.52. The summed E-state index contributed by atoms with van der Waals surface area (Å²) in [5.74, 6) is -4.79. The third-order valence-electron chi connectivity index (χ3n) is 2.59. The van der Waals surface area contributed by atoms with Crippen LogP contribution in [0.1, 0.15) is 10.4 Å². The lowest BCUT2D eigenvalue weighted by atomic mass is 10.1. The second-order valence-electron chi connectivity index (χ2n) is 3.83. The molecule has 9 heteroatoms. The number of benzene rings is 1. The number of ketones is 1. The minimum absolute atomic E-state index is 0.432. The average molecular weight is 295 g/mol. The van der Waals surface area contributed by atoms with E-state index in [-0.39, 0.29) is 0 Å². The molecule has 1 aromatic rings. The summed E-state index contributed by atoms with van der Waals surface area (Å²) in [6, 6.07) is 1.34. The van der Waals surface area contributed by atoms with Crippen LogP contribution in [0.25, 0.3) is 0 Å². The number of carbonyl (C=O) groups is 2. The maximum absolute atomic E-state index is 13.6. The number of carbonyl (C=O) groups excluding carboxylic acids is 2. The number of rotatable bonds is 3. The van der Waals surface area contributed by atoms with Crippen molar-refractivity contribution in [1.29, 1.82) is 0 Å². The number of anilines is 1. The van der Waals surface area contributed by atoms with E-state index in [0.29, 0.717) is 17.0 Å². The molecule has 0 atom stereocenters. The normalized spacial score (nSPS) is 14.9. The maximum Gasteiger partial charge on any atom is 0.522 e. The summed E-state index contributed by atoms with van der Waals surface area (Å²) >= 11 is 0. The van der Waals surface area contributed by atoms with E-state index in [4.69, 9.17) is 0 Å². The van der Waals surface area contributed by atoms with Crippen molar-refractivity contribution in [3.05, 3.63) is 29.3 Å². The fraction of sp³-hybridized carbons (Fsp3) is 0.273. The van der Waals surface area contributed by atoms with Crippen molar-refractivity contribution in [2.24, 2.45) is 0 Å². The van der Waals surface area contributed by atoms with Crippen molar-refractivity contribution in [3.8, 4) is 0 Å². The summed E-state index contributed by atoms with van der Waals surface area (Å²) < 4.78 is 65.8. The average Bonchev–Trinajstić information content (AvgIpc) is 2.58. The minimum atomic E-state index is -4.92. The molecule has 1 aromatic carbocycles. The fourth-order valence-electron chi connectivity index (χ4n) is 1.82. The summed E-state index contributed by atoms with van der Waals surface area (Å²) in [6.07, 6.45) is -4.92. The molecule has 0 saturated carbocycles. The van der Waals surface area contributed by atoms with Crippen LogP contribution in [-0.2, 0) is 9.53 Å². The lowest BCUT2D eigenvalue weighted by Gasteiger charge is -2.17. The molecular formula is C11H6F5NO3. The van der Waals surface area contributed by atoms with Gasteiger partial charge in [-0.15, -0.1) is 13.2 Å². The van der Waals surface area contributed by atoms with E-state index < -0.39 is 54.1 Å². The zero-order chi connectivity index (χ0) is 15.1. The predicted molar refractivity (Wildman–Crippen MR) is 55.0 cm³/mol. The Bertz CT molecular complexity index is 584. The summed E-state index contributed by atoms with van der Waals surface area (Å²) in [6.45, 7) is -1.73. The van der Waals surface area contributed by atoms with Gasteiger partial charge in [-0.2, -0.15) is 0 Å². The molecule has 0 unspecified atom stereocenters. The van der Waals surface area contributed by atoms with Gasteiger partial charge in [0.15, 0.2) is 0 Å². The first-order valence-electron chi connectivity index (χ1n) is 5.27. The van der Waals surface area contributed by atoms with Gasteiger partial charge in [0.1, 0.15) is 11.6 Å². The Morgan fingerprint density at radius 3 is 2.30 bits per heavy atom. The number of amides is 1. The molecule has 0 N–H and O–H groups in total. The molecular weight excluding hydrogens is 289 g/mol. The summed E-state index contributed by atoms with van der Waals surface area (Å²) in [5, 5.41) is 0. The van der Waals surface area contributed by atoms with Crippen LogP contribution in [0.15, 0.2) is 12.1 Å². The van der Waals surface area contributed by atoms with Crippen molar-refractivity contribution >= 4 is 17.4 Å². The molecule has 4 nitrogen and oxygen atoms in total. The van der Waals surface area contributed by atoms with Crippen LogP contribution in [0.3, 0.4) is 0 Å². The first kappa shape index (κ1) is 14.4. The van der Waals surface area contributed by atoms with E-state index in [1.807, 2.05) is 0 Å². The van der Waals surface area contributed by atoms with E-state index >= 15 is 0 Å². The number of halogens is 5. The van der Waals surface area contributed by atoms with Crippen molar-refractivity contribution in [1.82, 2.24) is 0 Å². The highest BCUT2D eigenvalue weighted by atomic mass is 19.4. The molecule has 2 rings (SSSR count). The Balaban J connectivity index is 2.27. The number of Topliss-reactive ketones (excluding diaryl/α,β-unsaturated/α-hetero) is 1. The van der Waals surface area contributed by atoms with Crippen molar-refractivity contribution in [2.75, 3.05) is 18.1 Å². The van der Waals surface area contributed by atoms with Gasteiger partial charge in [-0.1, -0.05) is 0 Å². The van der Waals surface area contributed by atoms with Crippen molar-refractivity contribution in [2.45, 2.75) is 6.36 Å². The van der Waals surface area contributed by atoms with Crippen molar-refractivity contribution < 1.29 is 36.3 Å². The zero-order valence-corrected chi connectivity index (χ0v) is 9.63. The zero-order valence-electron chi connectivity index (χ0n) is 9.63. The molecule has 0 radical (unpaired) electrons. The number of nitrogens with zero attached hydrogens (tertiary/aromatic N) is 1. The molecule has 0 saturated heterocycles. The molecule has 1 aliphatic heterocycles. The molecule has 1 heterocycles. The van der Waals surface area contributed by atoms with Gasteiger partial charge in [-0.3, -0.25) is 19.2 Å². The smallest absolute Gasteiger partial charge is 0.300 e. The van der Waals surface area contributed by atoms with E-state index in [1.165, 1.54) is 0 Å². The molecule has 0 aromatic heterocycles. The lowest BCUT2D eigenvalue weighted by molar-refractivity contribution is -0.323. The van der Waals surface area contributed by atoms with Gasteiger partial charge in [-0.05, 0) is 12.1 Å². The number of hydrogen-bond acceptors (Lipinski definition) is 3. The molecule has 0 aliphatic carbocycles. The Kier molecular flexibility index (Phi) is 3.46. The maximum atomic E-state index is 13.6. The first-order chi connectivity index (χ1) is 9.22. The molecule has 0 spiro atoms. The number of fused-ring (bicyclic) bond motifs is 1. The standard InChI is InChI=1S/C11H6F5NO3/c12-5-1-2-6(13)8-7(5)9(18)10(19)17(8)3-4-20-11(14,15)16/h1-2H,3-4H2. The number of ether oxygens (including phenoxy) is 1.